The predicted molar refractivity (Wildman–Crippen MR) is 99.3 cm³/mol. The summed E-state index contributed by atoms with van der Waals surface area (Å²) in [7, 11) is 1.59. The van der Waals surface area contributed by atoms with Crippen molar-refractivity contribution in [1.29, 1.82) is 0 Å². The van der Waals surface area contributed by atoms with E-state index in [0.717, 1.165) is 19.5 Å². The van der Waals surface area contributed by atoms with Crippen LogP contribution in [0.4, 0.5) is 0 Å². The quantitative estimate of drug-likeness (QED) is 0.780. The first kappa shape index (κ1) is 19.1. The number of nitrogens with one attached hydrogen (secondary N) is 1. The molecule has 1 N–H and O–H groups in total. The second-order valence-corrected chi connectivity index (χ2v) is 6.24. The van der Waals surface area contributed by atoms with E-state index < -0.39 is 0 Å². The van der Waals surface area contributed by atoms with Crippen LogP contribution >= 0.6 is 0 Å². The molecule has 1 aromatic rings. The zero-order valence-electron chi connectivity index (χ0n) is 15.4. The van der Waals surface area contributed by atoms with E-state index in [0.29, 0.717) is 25.1 Å². The lowest BCUT2D eigenvalue weighted by atomic mass is 10.0. The van der Waals surface area contributed by atoms with Crippen LogP contribution in [0.25, 0.3) is 0 Å². The largest absolute Gasteiger partial charge is 0.349 e. The standard InChI is InChI=1S/C19H28N4O2/c1-4-23(5-2)16(13-15-9-7-6-8-10-15)14-20-19(25)17-11-12-18(24)22(3)21-17/h6-10,16H,4-5,11-14H2,1-3H3,(H,20,25)/t16-/m0/s1. The van der Waals surface area contributed by atoms with Gasteiger partial charge >= 0.3 is 0 Å². The van der Waals surface area contributed by atoms with Crippen LogP contribution in [-0.4, -0.2) is 60.2 Å². The summed E-state index contributed by atoms with van der Waals surface area (Å²) < 4.78 is 0. The van der Waals surface area contributed by atoms with Gasteiger partial charge in [-0.15, -0.1) is 0 Å². The summed E-state index contributed by atoms with van der Waals surface area (Å²) >= 11 is 0. The second-order valence-electron chi connectivity index (χ2n) is 6.24. The number of rotatable bonds is 8. The third kappa shape index (κ3) is 5.39. The molecular weight excluding hydrogens is 316 g/mol. The smallest absolute Gasteiger partial charge is 0.267 e. The van der Waals surface area contributed by atoms with Crippen molar-refractivity contribution in [2.45, 2.75) is 39.2 Å². The van der Waals surface area contributed by atoms with E-state index in [-0.39, 0.29) is 17.9 Å². The first-order valence-corrected chi connectivity index (χ1v) is 8.95. The minimum atomic E-state index is -0.176. The lowest BCUT2D eigenvalue weighted by molar-refractivity contribution is -0.130. The lowest BCUT2D eigenvalue weighted by Crippen LogP contribution is -2.47. The lowest BCUT2D eigenvalue weighted by Gasteiger charge is -2.30. The van der Waals surface area contributed by atoms with Crippen LogP contribution in [0.3, 0.4) is 0 Å². The summed E-state index contributed by atoms with van der Waals surface area (Å²) in [6.07, 6.45) is 1.63. The number of benzene rings is 1. The predicted octanol–water partition coefficient (Wildman–Crippen LogP) is 1.66. The molecule has 1 heterocycles. The highest BCUT2D eigenvalue weighted by atomic mass is 16.2. The molecule has 0 aliphatic carbocycles. The van der Waals surface area contributed by atoms with Gasteiger partial charge in [-0.3, -0.25) is 14.5 Å². The molecule has 136 valence electrons. The maximum Gasteiger partial charge on any atom is 0.267 e. The van der Waals surface area contributed by atoms with Crippen LogP contribution in [0, 0.1) is 0 Å². The van der Waals surface area contributed by atoms with Crippen molar-refractivity contribution in [3.8, 4) is 0 Å². The Morgan fingerprint density at radius 2 is 1.92 bits per heavy atom. The monoisotopic (exact) mass is 344 g/mol. The van der Waals surface area contributed by atoms with Gasteiger partial charge in [0.2, 0.25) is 5.91 Å². The Labute approximate surface area is 149 Å². The van der Waals surface area contributed by atoms with Gasteiger partial charge < -0.3 is 5.32 Å². The molecule has 1 atom stereocenters. The van der Waals surface area contributed by atoms with Crippen LogP contribution < -0.4 is 5.32 Å². The Morgan fingerprint density at radius 1 is 1.24 bits per heavy atom. The minimum absolute atomic E-state index is 0.0540. The van der Waals surface area contributed by atoms with Gasteiger partial charge in [0.15, 0.2) is 0 Å². The van der Waals surface area contributed by atoms with Crippen molar-refractivity contribution in [2.24, 2.45) is 5.10 Å². The number of hydrogen-bond donors (Lipinski definition) is 1. The summed E-state index contributed by atoms with van der Waals surface area (Å²) in [5, 5.41) is 8.35. The molecule has 2 amide bonds. The van der Waals surface area contributed by atoms with Gasteiger partial charge in [0, 0.05) is 32.5 Å². The number of likely N-dealkylation sites (N-methyl/N-ethyl adjacent to an activating group) is 1. The van der Waals surface area contributed by atoms with E-state index >= 15 is 0 Å². The fourth-order valence-corrected chi connectivity index (χ4v) is 3.10. The Morgan fingerprint density at radius 3 is 2.52 bits per heavy atom. The van der Waals surface area contributed by atoms with Crippen molar-refractivity contribution in [3.05, 3.63) is 35.9 Å². The molecule has 0 radical (unpaired) electrons. The highest BCUT2D eigenvalue weighted by molar-refractivity contribution is 6.39. The molecule has 1 aromatic carbocycles. The van der Waals surface area contributed by atoms with Gasteiger partial charge in [0.1, 0.15) is 5.71 Å². The van der Waals surface area contributed by atoms with Crippen LogP contribution in [0.5, 0.6) is 0 Å². The zero-order valence-corrected chi connectivity index (χ0v) is 15.4. The molecule has 0 bridgehead atoms. The fraction of sp³-hybridized carbons (Fsp3) is 0.526. The van der Waals surface area contributed by atoms with E-state index in [1.54, 1.807) is 7.05 Å². The van der Waals surface area contributed by atoms with Gasteiger partial charge in [0.25, 0.3) is 5.91 Å². The SMILES string of the molecule is CCN(CC)[C@H](CNC(=O)C1=NN(C)C(=O)CC1)Cc1ccccc1. The number of nitrogens with zero attached hydrogens (tertiary/aromatic N) is 3. The molecule has 0 saturated heterocycles. The average Bonchev–Trinajstić information content (AvgIpc) is 2.63. The summed E-state index contributed by atoms with van der Waals surface area (Å²) in [5.41, 5.74) is 1.69. The van der Waals surface area contributed by atoms with Crippen LogP contribution in [0.2, 0.25) is 0 Å². The molecule has 0 unspecified atom stereocenters. The Hall–Kier alpha value is -2.21. The first-order valence-electron chi connectivity index (χ1n) is 8.95. The molecule has 6 nitrogen and oxygen atoms in total. The molecular formula is C19H28N4O2. The molecule has 1 aliphatic heterocycles. The topological polar surface area (TPSA) is 65.0 Å². The van der Waals surface area contributed by atoms with E-state index in [1.165, 1.54) is 10.6 Å². The van der Waals surface area contributed by atoms with Gasteiger partial charge in [-0.25, -0.2) is 5.01 Å². The highest BCUT2D eigenvalue weighted by Crippen LogP contribution is 2.10. The Balaban J connectivity index is 2.00. The normalized spacial score (nSPS) is 15.9. The molecule has 0 spiro atoms. The van der Waals surface area contributed by atoms with Gasteiger partial charge in [-0.05, 0) is 25.1 Å². The molecule has 2 rings (SSSR count). The molecule has 0 fully saturated rings. The van der Waals surface area contributed by atoms with Gasteiger partial charge in [-0.1, -0.05) is 44.2 Å². The maximum absolute atomic E-state index is 12.4. The molecule has 6 heteroatoms. The third-order valence-electron chi connectivity index (χ3n) is 4.61. The van der Waals surface area contributed by atoms with Crippen molar-refractivity contribution < 1.29 is 9.59 Å². The van der Waals surface area contributed by atoms with E-state index in [9.17, 15) is 9.59 Å². The summed E-state index contributed by atoms with van der Waals surface area (Å²) in [4.78, 5) is 26.2. The summed E-state index contributed by atoms with van der Waals surface area (Å²) in [6.45, 7) is 6.69. The number of carbonyl (C=O) groups is 2. The van der Waals surface area contributed by atoms with E-state index in [4.69, 9.17) is 0 Å². The molecule has 0 aromatic heterocycles. The zero-order chi connectivity index (χ0) is 18.2. The fourth-order valence-electron chi connectivity index (χ4n) is 3.10. The Kier molecular flexibility index (Phi) is 7.13. The second kappa shape index (κ2) is 9.32. The highest BCUT2D eigenvalue weighted by Gasteiger charge is 2.23. The van der Waals surface area contributed by atoms with Crippen LogP contribution in [0.1, 0.15) is 32.3 Å². The van der Waals surface area contributed by atoms with Gasteiger partial charge in [-0.2, -0.15) is 5.10 Å². The summed E-state index contributed by atoms with van der Waals surface area (Å²) in [6, 6.07) is 10.5. The number of hydrogen-bond acceptors (Lipinski definition) is 4. The number of amides is 2. The van der Waals surface area contributed by atoms with Crippen molar-refractivity contribution >= 4 is 17.5 Å². The number of hydrazone groups is 1. The molecule has 0 saturated carbocycles. The Bertz CT molecular complexity index is 611. The van der Waals surface area contributed by atoms with Crippen molar-refractivity contribution in [2.75, 3.05) is 26.7 Å². The van der Waals surface area contributed by atoms with Crippen LogP contribution in [0.15, 0.2) is 35.4 Å². The maximum atomic E-state index is 12.4. The average molecular weight is 344 g/mol. The van der Waals surface area contributed by atoms with E-state index in [2.05, 4.69) is 41.3 Å². The van der Waals surface area contributed by atoms with Crippen molar-refractivity contribution in [1.82, 2.24) is 15.2 Å². The van der Waals surface area contributed by atoms with Gasteiger partial charge in [0.05, 0.1) is 0 Å². The molecule has 1 aliphatic rings. The summed E-state index contributed by atoms with van der Waals surface area (Å²) in [5.74, 6) is -0.230. The first-order chi connectivity index (χ1) is 12.0. The van der Waals surface area contributed by atoms with Crippen molar-refractivity contribution in [3.63, 3.8) is 0 Å². The number of carbonyl (C=O) groups excluding carboxylic acids is 2. The third-order valence-corrected chi connectivity index (χ3v) is 4.61. The van der Waals surface area contributed by atoms with E-state index in [1.807, 2.05) is 18.2 Å². The minimum Gasteiger partial charge on any atom is -0.349 e. The molecule has 25 heavy (non-hydrogen) atoms. The van der Waals surface area contributed by atoms with Crippen LogP contribution in [-0.2, 0) is 16.0 Å².